The van der Waals surface area contributed by atoms with E-state index in [9.17, 15) is 9.59 Å². The molecule has 1 aliphatic heterocycles. The molecule has 0 spiro atoms. The van der Waals surface area contributed by atoms with Gasteiger partial charge in [-0.1, -0.05) is 12.2 Å². The maximum absolute atomic E-state index is 11.7. The standard InChI is InChI=1S/C14H16N2O3S/c1-10-14-16-11(9-20-14)5-2-3-7-13(18)19-8-4-6-12(17)15-10/h2-3,5,7,9-10H,4,6,8H2,1H3,(H,15,17)/b5-2-,7-3+/t10-/m1/s1. The molecule has 0 saturated heterocycles. The number of allylic oxidation sites excluding steroid dienone is 2. The van der Waals surface area contributed by atoms with Crippen molar-refractivity contribution in [2.24, 2.45) is 0 Å². The molecule has 0 aliphatic carbocycles. The van der Waals surface area contributed by atoms with Crippen molar-refractivity contribution in [3.8, 4) is 0 Å². The van der Waals surface area contributed by atoms with E-state index in [-0.39, 0.29) is 18.6 Å². The van der Waals surface area contributed by atoms with Gasteiger partial charge in [-0.2, -0.15) is 0 Å². The van der Waals surface area contributed by atoms with E-state index in [1.807, 2.05) is 12.3 Å². The minimum absolute atomic E-state index is 0.0637. The Hall–Kier alpha value is -1.95. The molecule has 0 aromatic carbocycles. The van der Waals surface area contributed by atoms with Crippen molar-refractivity contribution in [3.63, 3.8) is 0 Å². The molecule has 0 unspecified atom stereocenters. The molecule has 1 aromatic rings. The van der Waals surface area contributed by atoms with E-state index >= 15 is 0 Å². The normalized spacial score (nSPS) is 23.9. The van der Waals surface area contributed by atoms with Gasteiger partial charge < -0.3 is 10.1 Å². The second kappa shape index (κ2) is 7.00. The molecule has 1 N–H and O–H groups in total. The number of rotatable bonds is 0. The number of amides is 1. The van der Waals surface area contributed by atoms with Gasteiger partial charge >= 0.3 is 5.97 Å². The first-order valence-electron chi connectivity index (χ1n) is 6.41. The molecule has 1 aliphatic rings. The summed E-state index contributed by atoms with van der Waals surface area (Å²) in [5.41, 5.74) is 0.805. The maximum atomic E-state index is 11.7. The fourth-order valence-corrected chi connectivity index (χ4v) is 2.49. The molecule has 6 heteroatoms. The lowest BCUT2D eigenvalue weighted by atomic mass is 10.2. The molecule has 20 heavy (non-hydrogen) atoms. The Morgan fingerprint density at radius 3 is 3.00 bits per heavy atom. The molecule has 0 saturated carbocycles. The van der Waals surface area contributed by atoms with Crippen molar-refractivity contribution in [3.05, 3.63) is 34.3 Å². The second-order valence-corrected chi connectivity index (χ2v) is 5.28. The molecule has 2 rings (SSSR count). The smallest absolute Gasteiger partial charge is 0.330 e. The third-order valence-corrected chi connectivity index (χ3v) is 3.74. The quantitative estimate of drug-likeness (QED) is 0.745. The highest BCUT2D eigenvalue weighted by molar-refractivity contribution is 7.09. The van der Waals surface area contributed by atoms with Crippen LogP contribution in [0, 0.1) is 0 Å². The average Bonchev–Trinajstić information content (AvgIpc) is 2.87. The molecule has 0 fully saturated rings. The van der Waals surface area contributed by atoms with Gasteiger partial charge in [0.25, 0.3) is 0 Å². The molecule has 106 valence electrons. The van der Waals surface area contributed by atoms with Crippen LogP contribution in [-0.4, -0.2) is 23.5 Å². The fourth-order valence-electron chi connectivity index (χ4n) is 1.69. The van der Waals surface area contributed by atoms with Crippen molar-refractivity contribution in [2.45, 2.75) is 25.8 Å². The zero-order valence-corrected chi connectivity index (χ0v) is 12.0. The zero-order chi connectivity index (χ0) is 14.4. The lowest BCUT2D eigenvalue weighted by molar-refractivity contribution is -0.138. The number of hydrogen-bond donors (Lipinski definition) is 1. The number of fused-ring (bicyclic) bond motifs is 2. The van der Waals surface area contributed by atoms with E-state index < -0.39 is 5.97 Å². The van der Waals surface area contributed by atoms with Crippen LogP contribution in [0.15, 0.2) is 23.6 Å². The van der Waals surface area contributed by atoms with E-state index in [0.29, 0.717) is 12.8 Å². The Bertz CT molecular complexity index is 548. The molecular weight excluding hydrogens is 276 g/mol. The molecule has 2 heterocycles. The predicted molar refractivity (Wildman–Crippen MR) is 77.0 cm³/mol. The summed E-state index contributed by atoms with van der Waals surface area (Å²) in [5, 5.41) is 5.66. The molecule has 5 nitrogen and oxygen atoms in total. The Labute approximate surface area is 121 Å². The van der Waals surface area contributed by atoms with Crippen LogP contribution in [0.4, 0.5) is 0 Å². The van der Waals surface area contributed by atoms with Crippen LogP contribution in [0.25, 0.3) is 6.08 Å². The highest BCUT2D eigenvalue weighted by Gasteiger charge is 2.13. The van der Waals surface area contributed by atoms with Crippen LogP contribution < -0.4 is 5.32 Å². The summed E-state index contributed by atoms with van der Waals surface area (Å²) in [5.74, 6) is -0.469. The minimum atomic E-state index is -0.405. The summed E-state index contributed by atoms with van der Waals surface area (Å²) in [6.07, 6.45) is 7.36. The summed E-state index contributed by atoms with van der Waals surface area (Å²) < 4.78 is 4.97. The molecule has 1 aromatic heterocycles. The number of cyclic esters (lactones) is 1. The molecule has 0 radical (unpaired) electrons. The number of nitrogens with zero attached hydrogens (tertiary/aromatic N) is 1. The number of thiazole rings is 1. The third-order valence-electron chi connectivity index (χ3n) is 2.69. The SMILES string of the molecule is C[C@H]1NC(=O)CCCOC(=O)/C=C/C=C\c2csc1n2. The van der Waals surface area contributed by atoms with Gasteiger partial charge in [0, 0.05) is 17.9 Å². The summed E-state index contributed by atoms with van der Waals surface area (Å²) in [4.78, 5) is 27.5. The number of aromatic nitrogens is 1. The van der Waals surface area contributed by atoms with Gasteiger partial charge in [0.1, 0.15) is 5.01 Å². The lowest BCUT2D eigenvalue weighted by Crippen LogP contribution is -2.26. The van der Waals surface area contributed by atoms with Gasteiger partial charge in [-0.25, -0.2) is 9.78 Å². The van der Waals surface area contributed by atoms with Crippen LogP contribution in [-0.2, 0) is 14.3 Å². The minimum Gasteiger partial charge on any atom is -0.463 e. The van der Waals surface area contributed by atoms with E-state index in [2.05, 4.69) is 10.3 Å². The molecule has 2 bridgehead atoms. The maximum Gasteiger partial charge on any atom is 0.330 e. The summed E-state index contributed by atoms with van der Waals surface area (Å²) in [6, 6.07) is -0.113. The topological polar surface area (TPSA) is 68.3 Å². The Balaban J connectivity index is 2.14. The van der Waals surface area contributed by atoms with Crippen LogP contribution in [0.2, 0.25) is 0 Å². The van der Waals surface area contributed by atoms with Crippen molar-refractivity contribution in [1.29, 1.82) is 0 Å². The third kappa shape index (κ3) is 4.31. The van der Waals surface area contributed by atoms with E-state index in [0.717, 1.165) is 10.7 Å². The largest absolute Gasteiger partial charge is 0.463 e. The number of esters is 1. The Morgan fingerprint density at radius 1 is 1.35 bits per heavy atom. The molecule has 1 atom stereocenters. The molecular formula is C14H16N2O3S. The van der Waals surface area contributed by atoms with Gasteiger partial charge in [0.05, 0.1) is 18.3 Å². The first-order chi connectivity index (χ1) is 9.65. The van der Waals surface area contributed by atoms with Gasteiger partial charge in [0.2, 0.25) is 5.91 Å². The Morgan fingerprint density at radius 2 is 2.15 bits per heavy atom. The van der Waals surface area contributed by atoms with Crippen molar-refractivity contribution >= 4 is 29.3 Å². The van der Waals surface area contributed by atoms with Gasteiger partial charge in [0.15, 0.2) is 0 Å². The van der Waals surface area contributed by atoms with E-state index in [4.69, 9.17) is 4.74 Å². The van der Waals surface area contributed by atoms with Crippen LogP contribution in [0.3, 0.4) is 0 Å². The van der Waals surface area contributed by atoms with Crippen molar-refractivity contribution in [2.75, 3.05) is 6.61 Å². The summed E-state index contributed by atoms with van der Waals surface area (Å²) in [6.45, 7) is 2.15. The second-order valence-electron chi connectivity index (χ2n) is 4.39. The first-order valence-corrected chi connectivity index (χ1v) is 7.29. The predicted octanol–water partition coefficient (Wildman–Crippen LogP) is 2.23. The summed E-state index contributed by atoms with van der Waals surface area (Å²) >= 11 is 1.50. The van der Waals surface area contributed by atoms with Crippen molar-refractivity contribution < 1.29 is 14.3 Å². The van der Waals surface area contributed by atoms with E-state index in [1.54, 1.807) is 18.2 Å². The number of ether oxygens (including phenoxy) is 1. The van der Waals surface area contributed by atoms with Gasteiger partial charge in [-0.3, -0.25) is 4.79 Å². The highest BCUT2D eigenvalue weighted by Crippen LogP contribution is 2.19. The van der Waals surface area contributed by atoms with Crippen LogP contribution in [0.5, 0.6) is 0 Å². The molecule has 1 amide bonds. The van der Waals surface area contributed by atoms with Gasteiger partial charge in [-0.05, 0) is 19.4 Å². The van der Waals surface area contributed by atoms with Gasteiger partial charge in [-0.15, -0.1) is 11.3 Å². The van der Waals surface area contributed by atoms with Crippen molar-refractivity contribution in [1.82, 2.24) is 10.3 Å². The number of carbonyl (C=O) groups is 2. The average molecular weight is 292 g/mol. The Kier molecular flexibility index (Phi) is 5.06. The van der Waals surface area contributed by atoms with Crippen LogP contribution >= 0.6 is 11.3 Å². The zero-order valence-electron chi connectivity index (χ0n) is 11.2. The fraction of sp³-hybridized carbons (Fsp3) is 0.357. The summed E-state index contributed by atoms with van der Waals surface area (Å²) in [7, 11) is 0. The highest BCUT2D eigenvalue weighted by atomic mass is 32.1. The number of hydrogen-bond acceptors (Lipinski definition) is 5. The van der Waals surface area contributed by atoms with Crippen LogP contribution in [0.1, 0.15) is 36.5 Å². The monoisotopic (exact) mass is 292 g/mol. The van der Waals surface area contributed by atoms with E-state index in [1.165, 1.54) is 17.4 Å². The number of carbonyl (C=O) groups excluding carboxylic acids is 2. The lowest BCUT2D eigenvalue weighted by Gasteiger charge is -2.11. The number of nitrogens with one attached hydrogen (secondary N) is 1. The first kappa shape index (κ1) is 14.5.